The van der Waals surface area contributed by atoms with Crippen molar-refractivity contribution in [2.24, 2.45) is 10.9 Å². The van der Waals surface area contributed by atoms with E-state index < -0.39 is 17.9 Å². The summed E-state index contributed by atoms with van der Waals surface area (Å²) in [7, 11) is 0. The molecule has 130 valence electrons. The van der Waals surface area contributed by atoms with E-state index in [2.05, 4.69) is 20.5 Å². The van der Waals surface area contributed by atoms with Gasteiger partial charge in [-0.25, -0.2) is 9.67 Å². The van der Waals surface area contributed by atoms with E-state index in [1.165, 1.54) is 4.68 Å². The fourth-order valence-electron chi connectivity index (χ4n) is 3.39. The Hall–Kier alpha value is -3.55. The van der Waals surface area contributed by atoms with E-state index in [-0.39, 0.29) is 0 Å². The van der Waals surface area contributed by atoms with Crippen molar-refractivity contribution in [2.45, 2.75) is 13.0 Å². The number of nitrogens with zero attached hydrogens (tertiary/aromatic N) is 5. The fraction of sp³-hybridized carbons (Fsp3) is 0.167. The van der Waals surface area contributed by atoms with Crippen molar-refractivity contribution in [3.63, 3.8) is 0 Å². The fourth-order valence-corrected chi connectivity index (χ4v) is 3.39. The highest BCUT2D eigenvalue weighted by Crippen LogP contribution is 2.39. The van der Waals surface area contributed by atoms with Crippen LogP contribution in [0.5, 0.6) is 0 Å². The minimum Gasteiger partial charge on any atom is -0.481 e. The number of carboxylic acids is 1. The minimum atomic E-state index is -0.972. The van der Waals surface area contributed by atoms with Crippen molar-refractivity contribution < 1.29 is 9.90 Å². The summed E-state index contributed by atoms with van der Waals surface area (Å²) in [5.41, 5.74) is 9.62. The van der Waals surface area contributed by atoms with Gasteiger partial charge in [-0.15, -0.1) is 0 Å². The SMILES string of the molecule is CC1=Nc2nnnn2C(c2ccccc2-c2cccc(N)c2)C1C(=O)O. The molecule has 2 aromatic carbocycles. The third kappa shape index (κ3) is 2.52. The number of hydrogen-bond acceptors (Lipinski definition) is 6. The lowest BCUT2D eigenvalue weighted by atomic mass is 9.84. The number of hydrogen-bond donors (Lipinski definition) is 2. The van der Waals surface area contributed by atoms with Crippen LogP contribution in [0.15, 0.2) is 53.5 Å². The first kappa shape index (κ1) is 15.9. The second-order valence-electron chi connectivity index (χ2n) is 6.15. The van der Waals surface area contributed by atoms with Gasteiger partial charge >= 0.3 is 5.97 Å². The number of tetrazole rings is 1. The molecule has 0 aliphatic carbocycles. The molecular weight excluding hydrogens is 332 g/mol. The van der Waals surface area contributed by atoms with Gasteiger partial charge in [-0.1, -0.05) is 41.5 Å². The van der Waals surface area contributed by atoms with E-state index in [1.807, 2.05) is 48.5 Å². The summed E-state index contributed by atoms with van der Waals surface area (Å²) in [5.74, 6) is -1.54. The van der Waals surface area contributed by atoms with Crippen molar-refractivity contribution >= 4 is 23.3 Å². The molecule has 0 saturated carbocycles. The molecule has 3 N–H and O–H groups in total. The van der Waals surface area contributed by atoms with Gasteiger partial charge in [0, 0.05) is 11.4 Å². The first-order valence-electron chi connectivity index (χ1n) is 8.07. The molecular formula is C18H16N6O2. The van der Waals surface area contributed by atoms with Gasteiger partial charge in [-0.05, 0) is 46.2 Å². The van der Waals surface area contributed by atoms with Crippen LogP contribution >= 0.6 is 0 Å². The number of anilines is 1. The Labute approximate surface area is 149 Å². The van der Waals surface area contributed by atoms with Gasteiger partial charge in [0.25, 0.3) is 5.95 Å². The van der Waals surface area contributed by atoms with Gasteiger partial charge in [-0.2, -0.15) is 0 Å². The molecule has 1 aliphatic heterocycles. The number of carbonyl (C=O) groups is 1. The largest absolute Gasteiger partial charge is 0.481 e. The topological polar surface area (TPSA) is 119 Å². The van der Waals surface area contributed by atoms with Crippen molar-refractivity contribution in [3.05, 3.63) is 54.1 Å². The lowest BCUT2D eigenvalue weighted by Crippen LogP contribution is -2.36. The number of aliphatic carboxylic acids is 1. The number of benzene rings is 2. The van der Waals surface area contributed by atoms with E-state index in [0.29, 0.717) is 17.3 Å². The summed E-state index contributed by atoms with van der Waals surface area (Å²) in [6.45, 7) is 1.69. The molecule has 2 atom stereocenters. The average Bonchev–Trinajstić information content (AvgIpc) is 3.08. The smallest absolute Gasteiger partial charge is 0.314 e. The normalized spacial score (nSPS) is 18.9. The molecule has 0 radical (unpaired) electrons. The van der Waals surface area contributed by atoms with Crippen LogP contribution in [0.3, 0.4) is 0 Å². The monoisotopic (exact) mass is 348 g/mol. The van der Waals surface area contributed by atoms with Gasteiger partial charge in [0.15, 0.2) is 0 Å². The number of nitrogen functional groups attached to an aromatic ring is 1. The average molecular weight is 348 g/mol. The third-order valence-electron chi connectivity index (χ3n) is 4.52. The number of aliphatic imine (C=N–C) groups is 1. The highest BCUT2D eigenvalue weighted by molar-refractivity contribution is 6.03. The van der Waals surface area contributed by atoms with Crippen LogP contribution < -0.4 is 5.73 Å². The molecule has 8 nitrogen and oxygen atoms in total. The Kier molecular flexibility index (Phi) is 3.72. The molecule has 26 heavy (non-hydrogen) atoms. The number of aromatic nitrogens is 4. The standard InChI is InChI=1S/C18H16N6O2/c1-10-15(17(25)26)16(24-18(20-10)21-22-23-24)14-8-3-2-7-13(14)11-5-4-6-12(19)9-11/h2-9,15-16H,19H2,1H3,(H,25,26). The zero-order chi connectivity index (χ0) is 18.3. The highest BCUT2D eigenvalue weighted by atomic mass is 16.4. The van der Waals surface area contributed by atoms with Gasteiger partial charge < -0.3 is 10.8 Å². The predicted octanol–water partition coefficient (Wildman–Crippen LogP) is 2.32. The zero-order valence-corrected chi connectivity index (χ0v) is 13.9. The molecule has 8 heteroatoms. The van der Waals surface area contributed by atoms with Crippen LogP contribution in [-0.4, -0.2) is 37.0 Å². The Morgan fingerprint density at radius 1 is 1.19 bits per heavy atom. The van der Waals surface area contributed by atoms with Crippen LogP contribution in [-0.2, 0) is 4.79 Å². The molecule has 1 aromatic heterocycles. The Morgan fingerprint density at radius 3 is 2.77 bits per heavy atom. The van der Waals surface area contributed by atoms with Gasteiger partial charge in [0.2, 0.25) is 0 Å². The van der Waals surface area contributed by atoms with Crippen LogP contribution in [0.25, 0.3) is 11.1 Å². The molecule has 0 spiro atoms. The number of carboxylic acid groups (broad SMARTS) is 1. The van der Waals surface area contributed by atoms with Gasteiger partial charge in [0.05, 0.1) is 0 Å². The van der Waals surface area contributed by atoms with E-state index >= 15 is 0 Å². The molecule has 2 unspecified atom stereocenters. The van der Waals surface area contributed by atoms with Crippen LogP contribution in [0, 0.1) is 5.92 Å². The molecule has 0 saturated heterocycles. The summed E-state index contributed by atoms with van der Waals surface area (Å²) in [6.07, 6.45) is 0. The maximum absolute atomic E-state index is 12.0. The molecule has 2 heterocycles. The Balaban J connectivity index is 1.95. The second kappa shape index (κ2) is 6.07. The first-order chi connectivity index (χ1) is 12.6. The third-order valence-corrected chi connectivity index (χ3v) is 4.52. The summed E-state index contributed by atoms with van der Waals surface area (Å²) in [5, 5.41) is 21.4. The zero-order valence-electron chi connectivity index (χ0n) is 13.9. The van der Waals surface area contributed by atoms with Gasteiger partial charge in [-0.3, -0.25) is 4.79 Å². The van der Waals surface area contributed by atoms with Gasteiger partial charge in [0.1, 0.15) is 12.0 Å². The summed E-state index contributed by atoms with van der Waals surface area (Å²) in [4.78, 5) is 16.2. The predicted molar refractivity (Wildman–Crippen MR) is 96.1 cm³/mol. The van der Waals surface area contributed by atoms with Crippen LogP contribution in [0.1, 0.15) is 18.5 Å². The van der Waals surface area contributed by atoms with E-state index in [1.54, 1.807) is 6.92 Å². The lowest BCUT2D eigenvalue weighted by Gasteiger charge is -2.29. The quantitative estimate of drug-likeness (QED) is 0.701. The van der Waals surface area contributed by atoms with Crippen molar-refractivity contribution in [1.82, 2.24) is 20.2 Å². The number of nitrogens with two attached hydrogens (primary N) is 1. The summed E-state index contributed by atoms with van der Waals surface area (Å²) < 4.78 is 1.47. The number of fused-ring (bicyclic) bond motifs is 1. The molecule has 4 rings (SSSR count). The Morgan fingerprint density at radius 2 is 2.00 bits per heavy atom. The minimum absolute atomic E-state index is 0.298. The second-order valence-corrected chi connectivity index (χ2v) is 6.15. The molecule has 3 aromatic rings. The van der Waals surface area contributed by atoms with Crippen molar-refractivity contribution in [1.29, 1.82) is 0 Å². The molecule has 0 amide bonds. The first-order valence-corrected chi connectivity index (χ1v) is 8.07. The number of rotatable bonds is 3. The van der Waals surface area contributed by atoms with Crippen LogP contribution in [0.4, 0.5) is 11.6 Å². The maximum Gasteiger partial charge on any atom is 0.314 e. The Bertz CT molecular complexity index is 1030. The summed E-state index contributed by atoms with van der Waals surface area (Å²) >= 11 is 0. The van der Waals surface area contributed by atoms with E-state index in [4.69, 9.17) is 5.73 Å². The van der Waals surface area contributed by atoms with Crippen LogP contribution in [0.2, 0.25) is 0 Å². The van der Waals surface area contributed by atoms with Crippen molar-refractivity contribution in [2.75, 3.05) is 5.73 Å². The summed E-state index contributed by atoms with van der Waals surface area (Å²) in [6, 6.07) is 14.5. The highest BCUT2D eigenvalue weighted by Gasteiger charge is 2.40. The van der Waals surface area contributed by atoms with E-state index in [0.717, 1.165) is 16.7 Å². The lowest BCUT2D eigenvalue weighted by molar-refractivity contribution is -0.140. The van der Waals surface area contributed by atoms with E-state index in [9.17, 15) is 9.90 Å². The molecule has 0 fully saturated rings. The molecule has 0 bridgehead atoms. The maximum atomic E-state index is 12.0. The van der Waals surface area contributed by atoms with Crippen molar-refractivity contribution in [3.8, 4) is 11.1 Å². The molecule has 1 aliphatic rings.